The van der Waals surface area contributed by atoms with Gasteiger partial charge in [-0.2, -0.15) is 0 Å². The van der Waals surface area contributed by atoms with Crippen molar-refractivity contribution >= 4 is 5.82 Å². The lowest BCUT2D eigenvalue weighted by molar-refractivity contribution is 0.195. The zero-order valence-electron chi connectivity index (χ0n) is 10.3. The van der Waals surface area contributed by atoms with E-state index in [1.54, 1.807) is 26.3 Å². The molecule has 0 saturated heterocycles. The number of hydrogen-bond acceptors (Lipinski definition) is 5. The van der Waals surface area contributed by atoms with Crippen LogP contribution in [0.15, 0.2) is 18.3 Å². The quantitative estimate of drug-likeness (QED) is 0.730. The van der Waals surface area contributed by atoms with E-state index in [1.165, 1.54) is 0 Å². The molecule has 0 radical (unpaired) electrons. The van der Waals surface area contributed by atoms with Gasteiger partial charge in [0.2, 0.25) is 0 Å². The van der Waals surface area contributed by atoms with Gasteiger partial charge in [0.15, 0.2) is 0 Å². The van der Waals surface area contributed by atoms with Crippen LogP contribution in [-0.2, 0) is 4.74 Å². The third-order valence-corrected chi connectivity index (χ3v) is 2.50. The van der Waals surface area contributed by atoms with Crippen LogP contribution in [0.2, 0.25) is 0 Å². The lowest BCUT2D eigenvalue weighted by Gasteiger charge is -2.25. The number of anilines is 1. The topological polar surface area (TPSA) is 65.8 Å². The summed E-state index contributed by atoms with van der Waals surface area (Å²) < 4.78 is 5.03. The lowest BCUT2D eigenvalue weighted by Crippen LogP contribution is -2.32. The second-order valence-corrected chi connectivity index (χ2v) is 3.80. The SMILES string of the molecule is COCCN(CCO)c1ncccc1[C@@H](C)O. The van der Waals surface area contributed by atoms with Gasteiger partial charge in [0.05, 0.1) is 19.3 Å². The Labute approximate surface area is 102 Å². The van der Waals surface area contributed by atoms with Crippen LogP contribution in [0, 0.1) is 0 Å². The molecule has 1 atom stereocenters. The van der Waals surface area contributed by atoms with E-state index in [0.29, 0.717) is 25.5 Å². The normalized spacial score (nSPS) is 12.5. The molecule has 5 heteroatoms. The van der Waals surface area contributed by atoms with Gasteiger partial charge in [-0.05, 0) is 13.0 Å². The van der Waals surface area contributed by atoms with E-state index in [4.69, 9.17) is 9.84 Å². The smallest absolute Gasteiger partial charge is 0.134 e. The predicted octanol–water partition coefficient (Wildman–Crippen LogP) is 0.580. The molecule has 0 saturated carbocycles. The molecule has 5 nitrogen and oxygen atoms in total. The van der Waals surface area contributed by atoms with Crippen molar-refractivity contribution < 1.29 is 14.9 Å². The van der Waals surface area contributed by atoms with E-state index in [-0.39, 0.29) is 6.61 Å². The Morgan fingerprint density at radius 3 is 2.82 bits per heavy atom. The Bertz CT molecular complexity index is 331. The Kier molecular flexibility index (Phi) is 5.90. The molecule has 1 rings (SSSR count). The van der Waals surface area contributed by atoms with Gasteiger partial charge in [0, 0.05) is 32.0 Å². The number of methoxy groups -OCH3 is 1. The molecule has 0 aromatic carbocycles. The number of hydrogen-bond donors (Lipinski definition) is 2. The van der Waals surface area contributed by atoms with E-state index < -0.39 is 6.10 Å². The molecule has 2 N–H and O–H groups in total. The molecule has 0 aliphatic carbocycles. The Hall–Kier alpha value is -1.17. The number of pyridine rings is 1. The molecular formula is C12H20N2O3. The van der Waals surface area contributed by atoms with Gasteiger partial charge in [0.1, 0.15) is 5.82 Å². The fourth-order valence-corrected chi connectivity index (χ4v) is 1.65. The summed E-state index contributed by atoms with van der Waals surface area (Å²) in [5, 5.41) is 18.7. The monoisotopic (exact) mass is 240 g/mol. The van der Waals surface area contributed by atoms with Crippen LogP contribution in [-0.4, -0.2) is 48.6 Å². The minimum absolute atomic E-state index is 0.0412. The first-order chi connectivity index (χ1) is 8.20. The molecule has 1 heterocycles. The fourth-order valence-electron chi connectivity index (χ4n) is 1.65. The van der Waals surface area contributed by atoms with Gasteiger partial charge in [-0.1, -0.05) is 6.07 Å². The second-order valence-electron chi connectivity index (χ2n) is 3.80. The fraction of sp³-hybridized carbons (Fsp3) is 0.583. The minimum atomic E-state index is -0.581. The maximum Gasteiger partial charge on any atom is 0.134 e. The molecule has 17 heavy (non-hydrogen) atoms. The average molecular weight is 240 g/mol. The van der Waals surface area contributed by atoms with Crippen LogP contribution < -0.4 is 4.90 Å². The number of rotatable bonds is 7. The number of aromatic nitrogens is 1. The molecule has 1 aromatic rings. The van der Waals surface area contributed by atoms with Crippen molar-refractivity contribution in [3.05, 3.63) is 23.9 Å². The third kappa shape index (κ3) is 3.96. The van der Waals surface area contributed by atoms with Gasteiger partial charge >= 0.3 is 0 Å². The van der Waals surface area contributed by atoms with E-state index >= 15 is 0 Å². The summed E-state index contributed by atoms with van der Waals surface area (Å²) in [5.74, 6) is 0.702. The van der Waals surface area contributed by atoms with Crippen LogP contribution in [0.4, 0.5) is 5.82 Å². The molecule has 0 aliphatic heterocycles. The van der Waals surface area contributed by atoms with Gasteiger partial charge in [-0.3, -0.25) is 0 Å². The maximum absolute atomic E-state index is 9.69. The van der Waals surface area contributed by atoms with Crippen LogP contribution >= 0.6 is 0 Å². The van der Waals surface area contributed by atoms with Crippen molar-refractivity contribution in [2.75, 3.05) is 38.3 Å². The van der Waals surface area contributed by atoms with Crippen molar-refractivity contribution in [3.63, 3.8) is 0 Å². The minimum Gasteiger partial charge on any atom is -0.395 e. The Morgan fingerprint density at radius 1 is 1.47 bits per heavy atom. The van der Waals surface area contributed by atoms with Crippen LogP contribution in [0.25, 0.3) is 0 Å². The van der Waals surface area contributed by atoms with E-state index in [1.807, 2.05) is 11.0 Å². The second kappa shape index (κ2) is 7.21. The van der Waals surface area contributed by atoms with Gasteiger partial charge in [0.25, 0.3) is 0 Å². The first-order valence-electron chi connectivity index (χ1n) is 5.68. The molecular weight excluding hydrogens is 220 g/mol. The number of nitrogens with zero attached hydrogens (tertiary/aromatic N) is 2. The van der Waals surface area contributed by atoms with Crippen LogP contribution in [0.3, 0.4) is 0 Å². The number of ether oxygens (including phenoxy) is 1. The van der Waals surface area contributed by atoms with Crippen molar-refractivity contribution in [2.45, 2.75) is 13.0 Å². The highest BCUT2D eigenvalue weighted by atomic mass is 16.5. The van der Waals surface area contributed by atoms with Gasteiger partial charge in [-0.25, -0.2) is 4.98 Å². The Morgan fingerprint density at radius 2 is 2.24 bits per heavy atom. The molecule has 0 spiro atoms. The van der Waals surface area contributed by atoms with E-state index in [9.17, 15) is 5.11 Å². The average Bonchev–Trinajstić information content (AvgIpc) is 2.34. The predicted molar refractivity (Wildman–Crippen MR) is 66.0 cm³/mol. The molecule has 0 fully saturated rings. The lowest BCUT2D eigenvalue weighted by atomic mass is 10.1. The van der Waals surface area contributed by atoms with Crippen LogP contribution in [0.1, 0.15) is 18.6 Å². The third-order valence-electron chi connectivity index (χ3n) is 2.50. The summed E-state index contributed by atoms with van der Waals surface area (Å²) in [6.45, 7) is 3.40. The number of aliphatic hydroxyl groups excluding tert-OH is 2. The summed E-state index contributed by atoms with van der Waals surface area (Å²) in [6, 6.07) is 3.63. The first-order valence-corrected chi connectivity index (χ1v) is 5.68. The molecule has 0 unspecified atom stereocenters. The summed E-state index contributed by atoms with van der Waals surface area (Å²) >= 11 is 0. The highest BCUT2D eigenvalue weighted by Crippen LogP contribution is 2.23. The zero-order valence-corrected chi connectivity index (χ0v) is 10.3. The highest BCUT2D eigenvalue weighted by molar-refractivity contribution is 5.47. The van der Waals surface area contributed by atoms with Crippen molar-refractivity contribution in [1.82, 2.24) is 4.98 Å². The zero-order chi connectivity index (χ0) is 12.7. The Balaban J connectivity index is 2.91. The summed E-state index contributed by atoms with van der Waals surface area (Å²) in [5.41, 5.74) is 0.761. The van der Waals surface area contributed by atoms with Crippen molar-refractivity contribution in [3.8, 4) is 0 Å². The van der Waals surface area contributed by atoms with E-state index in [0.717, 1.165) is 5.56 Å². The molecule has 0 amide bonds. The number of aliphatic hydroxyl groups is 2. The van der Waals surface area contributed by atoms with Crippen molar-refractivity contribution in [2.24, 2.45) is 0 Å². The standard InChI is InChI=1S/C12H20N2O3/c1-10(16)11-4-3-5-13-12(11)14(6-8-15)7-9-17-2/h3-5,10,15-16H,6-9H2,1-2H3/t10-/m1/s1. The van der Waals surface area contributed by atoms with Gasteiger partial charge < -0.3 is 19.8 Å². The summed E-state index contributed by atoms with van der Waals surface area (Å²) in [6.07, 6.45) is 1.10. The first kappa shape index (κ1) is 13.9. The van der Waals surface area contributed by atoms with E-state index in [2.05, 4.69) is 4.98 Å². The molecule has 0 aliphatic rings. The van der Waals surface area contributed by atoms with Crippen LogP contribution in [0.5, 0.6) is 0 Å². The maximum atomic E-state index is 9.69. The highest BCUT2D eigenvalue weighted by Gasteiger charge is 2.14. The molecule has 1 aromatic heterocycles. The van der Waals surface area contributed by atoms with Gasteiger partial charge in [-0.15, -0.1) is 0 Å². The van der Waals surface area contributed by atoms with Crippen molar-refractivity contribution in [1.29, 1.82) is 0 Å². The summed E-state index contributed by atoms with van der Waals surface area (Å²) in [7, 11) is 1.63. The largest absolute Gasteiger partial charge is 0.395 e. The summed E-state index contributed by atoms with van der Waals surface area (Å²) in [4.78, 5) is 6.18. The molecule has 0 bridgehead atoms. The molecule has 96 valence electrons.